The summed E-state index contributed by atoms with van der Waals surface area (Å²) in [5.74, 6) is -1.35. The Balaban J connectivity index is 1.60. The normalized spacial score (nSPS) is 11.4. The first kappa shape index (κ1) is 30.1. The van der Waals surface area contributed by atoms with Crippen molar-refractivity contribution in [3.05, 3.63) is 105 Å². The number of benzene rings is 3. The van der Waals surface area contributed by atoms with Gasteiger partial charge in [0.2, 0.25) is 0 Å². The van der Waals surface area contributed by atoms with Crippen molar-refractivity contribution in [2.24, 2.45) is 0 Å². The number of halogens is 5. The van der Waals surface area contributed by atoms with Gasteiger partial charge in [0, 0.05) is 41.9 Å². The Bertz CT molecular complexity index is 1570. The minimum absolute atomic E-state index is 0.00318. The van der Waals surface area contributed by atoms with Crippen LogP contribution in [0, 0.1) is 6.92 Å². The molecule has 0 spiro atoms. The van der Waals surface area contributed by atoms with E-state index in [-0.39, 0.29) is 42.8 Å². The van der Waals surface area contributed by atoms with Crippen molar-refractivity contribution in [3.8, 4) is 22.3 Å². The van der Waals surface area contributed by atoms with Crippen molar-refractivity contribution in [2.45, 2.75) is 38.9 Å². The van der Waals surface area contributed by atoms with Gasteiger partial charge in [-0.1, -0.05) is 47.5 Å². The number of aryl methyl sites for hydroxylation is 1. The molecule has 1 aromatic heterocycles. The molecule has 0 aliphatic carbocycles. The van der Waals surface area contributed by atoms with Crippen LogP contribution in [0.2, 0.25) is 10.0 Å². The Hall–Kier alpha value is -3.88. The first-order valence-corrected chi connectivity index (χ1v) is 13.4. The highest BCUT2D eigenvalue weighted by atomic mass is 35.5. The van der Waals surface area contributed by atoms with Gasteiger partial charge in [0.1, 0.15) is 5.69 Å². The number of carbonyl (C=O) groups excluding carboxylic acids is 1. The zero-order valence-electron chi connectivity index (χ0n) is 21.9. The number of hydrogen-bond acceptors (Lipinski definition) is 4. The van der Waals surface area contributed by atoms with Gasteiger partial charge in [-0.2, -0.15) is 13.2 Å². The maximum Gasteiger partial charge on any atom is 0.417 e. The quantitative estimate of drug-likeness (QED) is 0.177. The molecule has 0 fully saturated rings. The monoisotopic (exact) mass is 600 g/mol. The molecule has 212 valence electrons. The van der Waals surface area contributed by atoms with Crippen molar-refractivity contribution >= 4 is 40.6 Å². The van der Waals surface area contributed by atoms with E-state index < -0.39 is 22.7 Å². The first-order chi connectivity index (χ1) is 19.4. The van der Waals surface area contributed by atoms with Crippen molar-refractivity contribution in [3.63, 3.8) is 0 Å². The van der Waals surface area contributed by atoms with Crippen LogP contribution >= 0.6 is 23.2 Å². The number of Topliss-reactive ketones (excluding diaryl/α,β-unsaturated/α-hetero) is 1. The number of carboxylic acid groups (broad SMARTS) is 1. The third-order valence-corrected chi connectivity index (χ3v) is 7.08. The molecular formula is C31H25Cl2F3N2O3. The highest BCUT2D eigenvalue weighted by Crippen LogP contribution is 2.39. The molecule has 4 aromatic rings. The Morgan fingerprint density at radius 1 is 0.902 bits per heavy atom. The molecule has 0 aliphatic heterocycles. The van der Waals surface area contributed by atoms with Crippen LogP contribution in [-0.2, 0) is 17.5 Å². The summed E-state index contributed by atoms with van der Waals surface area (Å²) in [6, 6.07) is 18.5. The van der Waals surface area contributed by atoms with Gasteiger partial charge in [-0.3, -0.25) is 14.6 Å². The fourth-order valence-electron chi connectivity index (χ4n) is 4.42. The van der Waals surface area contributed by atoms with E-state index in [9.17, 15) is 22.8 Å². The molecule has 5 nitrogen and oxygen atoms in total. The molecule has 0 amide bonds. The summed E-state index contributed by atoms with van der Waals surface area (Å²) in [4.78, 5) is 27.2. The number of aromatic nitrogens is 1. The third kappa shape index (κ3) is 7.65. The number of nitrogens with zero attached hydrogens (tertiary/aromatic N) is 1. The SMILES string of the molecule is Cc1cc(NCc2cc(Cl)c(C(F)(F)F)cc2-c2ccc(C(=O)CCCC(=O)O)nc2)ccc1-c1ccc(Cl)cc1. The number of pyridine rings is 1. The van der Waals surface area contributed by atoms with Crippen molar-refractivity contribution in [1.82, 2.24) is 4.98 Å². The number of ketones is 1. The van der Waals surface area contributed by atoms with Crippen LogP contribution in [0.25, 0.3) is 22.3 Å². The fraction of sp³-hybridized carbons (Fsp3) is 0.194. The summed E-state index contributed by atoms with van der Waals surface area (Å²) < 4.78 is 41.1. The predicted molar refractivity (Wildman–Crippen MR) is 154 cm³/mol. The van der Waals surface area contributed by atoms with Crippen LogP contribution in [0.1, 0.15) is 46.4 Å². The fourth-order valence-corrected chi connectivity index (χ4v) is 4.84. The van der Waals surface area contributed by atoms with E-state index in [2.05, 4.69) is 10.3 Å². The van der Waals surface area contributed by atoms with Gasteiger partial charge in [-0.15, -0.1) is 0 Å². The summed E-state index contributed by atoms with van der Waals surface area (Å²) in [7, 11) is 0. The molecule has 0 radical (unpaired) electrons. The lowest BCUT2D eigenvalue weighted by atomic mass is 9.97. The number of aliphatic carboxylic acids is 1. The predicted octanol–water partition coefficient (Wildman–Crippen LogP) is 9.10. The molecule has 3 aromatic carbocycles. The first-order valence-electron chi connectivity index (χ1n) is 12.6. The standard InChI is InChI=1S/C31H25Cl2F3N2O3/c1-18-13-23(10-11-24(18)19-5-8-22(32)9-6-19)37-17-21-14-27(33)26(31(34,35)36)15-25(21)20-7-12-28(38-16-20)29(39)3-2-4-30(40)41/h5-16,37H,2-4,17H2,1H3,(H,40,41). The summed E-state index contributed by atoms with van der Waals surface area (Å²) in [6.45, 7) is 2.13. The molecule has 4 rings (SSSR count). The molecule has 0 atom stereocenters. The number of carboxylic acids is 1. The molecule has 0 unspecified atom stereocenters. The van der Waals surface area contributed by atoms with Crippen molar-refractivity contribution < 1.29 is 27.9 Å². The smallest absolute Gasteiger partial charge is 0.417 e. The van der Waals surface area contributed by atoms with Crippen molar-refractivity contribution in [1.29, 1.82) is 0 Å². The lowest BCUT2D eigenvalue weighted by molar-refractivity contribution is -0.138. The number of rotatable bonds is 10. The zero-order valence-corrected chi connectivity index (χ0v) is 23.4. The van der Waals surface area contributed by atoms with Gasteiger partial charge in [-0.05, 0) is 83.6 Å². The van der Waals surface area contributed by atoms with E-state index in [1.807, 2.05) is 49.4 Å². The van der Waals surface area contributed by atoms with E-state index in [0.29, 0.717) is 16.1 Å². The number of anilines is 1. The maximum absolute atomic E-state index is 13.7. The summed E-state index contributed by atoms with van der Waals surface area (Å²) in [5, 5.41) is 12.2. The van der Waals surface area contributed by atoms with Crippen LogP contribution in [-0.4, -0.2) is 21.8 Å². The highest BCUT2D eigenvalue weighted by molar-refractivity contribution is 6.31. The molecule has 0 saturated carbocycles. The molecule has 10 heteroatoms. The van der Waals surface area contributed by atoms with E-state index in [0.717, 1.165) is 28.4 Å². The number of alkyl halides is 3. The van der Waals surface area contributed by atoms with Gasteiger partial charge >= 0.3 is 12.1 Å². The van der Waals surface area contributed by atoms with Gasteiger partial charge in [-0.25, -0.2) is 0 Å². The van der Waals surface area contributed by atoms with E-state index in [1.54, 1.807) is 0 Å². The second-order valence-electron chi connectivity index (χ2n) is 9.48. The average Bonchev–Trinajstić information content (AvgIpc) is 2.92. The van der Waals surface area contributed by atoms with Crippen LogP contribution in [0.3, 0.4) is 0 Å². The number of carbonyl (C=O) groups is 2. The molecular weight excluding hydrogens is 576 g/mol. The molecule has 41 heavy (non-hydrogen) atoms. The van der Waals surface area contributed by atoms with Crippen molar-refractivity contribution in [2.75, 3.05) is 5.32 Å². The summed E-state index contributed by atoms with van der Waals surface area (Å²) in [6.07, 6.45) is -3.31. The lowest BCUT2D eigenvalue weighted by Gasteiger charge is -2.17. The third-order valence-electron chi connectivity index (χ3n) is 6.52. The van der Waals surface area contributed by atoms with Crippen LogP contribution < -0.4 is 5.32 Å². The minimum Gasteiger partial charge on any atom is -0.481 e. The van der Waals surface area contributed by atoms with Gasteiger partial charge in [0.25, 0.3) is 0 Å². The summed E-state index contributed by atoms with van der Waals surface area (Å²) in [5.41, 5.74) is 4.07. The van der Waals surface area contributed by atoms with E-state index in [4.69, 9.17) is 28.3 Å². The topological polar surface area (TPSA) is 79.3 Å². The average molecular weight is 601 g/mol. The maximum atomic E-state index is 13.7. The molecule has 0 bridgehead atoms. The van der Waals surface area contributed by atoms with Gasteiger partial charge in [0.05, 0.1) is 10.6 Å². The highest BCUT2D eigenvalue weighted by Gasteiger charge is 2.34. The Morgan fingerprint density at radius 3 is 2.22 bits per heavy atom. The minimum atomic E-state index is -4.67. The number of hydrogen-bond donors (Lipinski definition) is 2. The molecule has 2 N–H and O–H groups in total. The lowest BCUT2D eigenvalue weighted by Crippen LogP contribution is -2.09. The largest absolute Gasteiger partial charge is 0.481 e. The molecule has 0 saturated heterocycles. The van der Waals surface area contributed by atoms with Gasteiger partial charge in [0.15, 0.2) is 5.78 Å². The second-order valence-corrected chi connectivity index (χ2v) is 10.3. The van der Waals surface area contributed by atoms with E-state index >= 15 is 0 Å². The Kier molecular flexibility index (Phi) is 9.35. The summed E-state index contributed by atoms with van der Waals surface area (Å²) >= 11 is 12.1. The Morgan fingerprint density at radius 2 is 1.61 bits per heavy atom. The number of nitrogens with one attached hydrogen (secondary N) is 1. The Labute approximate surface area is 245 Å². The van der Waals surface area contributed by atoms with E-state index in [1.165, 1.54) is 24.4 Å². The zero-order chi connectivity index (χ0) is 29.7. The van der Waals surface area contributed by atoms with Gasteiger partial charge < -0.3 is 10.4 Å². The van der Waals surface area contributed by atoms with Crippen LogP contribution in [0.5, 0.6) is 0 Å². The molecule has 0 aliphatic rings. The van der Waals surface area contributed by atoms with Crippen LogP contribution in [0.15, 0.2) is 72.9 Å². The van der Waals surface area contributed by atoms with Crippen LogP contribution in [0.4, 0.5) is 18.9 Å². The molecule has 1 heterocycles. The second kappa shape index (κ2) is 12.7.